The molecule has 2 atom stereocenters. The molecule has 1 aliphatic heterocycles. The van der Waals surface area contributed by atoms with Crippen LogP contribution in [0.5, 0.6) is 0 Å². The molecule has 0 spiro atoms. The van der Waals surface area contributed by atoms with Gasteiger partial charge in [-0.1, -0.05) is 48.9 Å². The van der Waals surface area contributed by atoms with E-state index in [2.05, 4.69) is 5.32 Å². The van der Waals surface area contributed by atoms with E-state index in [1.807, 2.05) is 6.92 Å². The smallest absolute Gasteiger partial charge is 0.350 e. The van der Waals surface area contributed by atoms with Gasteiger partial charge in [0.25, 0.3) is 0 Å². The standard InChI is InChI=1S/C22H22ClF3N2O2/c1-14-9-19(21(30)27-12-15-5-7-18(23)8-6-15)28(13-14)20(29)11-16-3-2-4-17(10-16)22(24,25)26/h2-8,10,14,19H,9,11-13H2,1H3,(H,27,30). The van der Waals surface area contributed by atoms with E-state index in [-0.39, 0.29) is 29.7 Å². The first-order valence-electron chi connectivity index (χ1n) is 9.61. The molecular formula is C22H22ClF3N2O2. The van der Waals surface area contributed by atoms with Gasteiger partial charge in [-0.25, -0.2) is 0 Å². The third-order valence-electron chi connectivity index (χ3n) is 5.12. The minimum Gasteiger partial charge on any atom is -0.350 e. The molecule has 1 N–H and O–H groups in total. The van der Waals surface area contributed by atoms with E-state index in [0.29, 0.717) is 24.5 Å². The Labute approximate surface area is 178 Å². The van der Waals surface area contributed by atoms with Crippen molar-refractivity contribution < 1.29 is 22.8 Å². The molecule has 1 heterocycles. The van der Waals surface area contributed by atoms with Crippen molar-refractivity contribution in [2.45, 2.75) is 38.5 Å². The first kappa shape index (κ1) is 22.2. The molecule has 0 aromatic heterocycles. The second-order valence-electron chi connectivity index (χ2n) is 7.62. The minimum atomic E-state index is -4.47. The molecule has 30 heavy (non-hydrogen) atoms. The van der Waals surface area contributed by atoms with Gasteiger partial charge in [0.2, 0.25) is 11.8 Å². The van der Waals surface area contributed by atoms with Gasteiger partial charge in [-0.05, 0) is 41.7 Å². The van der Waals surface area contributed by atoms with Gasteiger partial charge >= 0.3 is 6.18 Å². The van der Waals surface area contributed by atoms with Gasteiger partial charge in [0.15, 0.2) is 0 Å². The average Bonchev–Trinajstić information content (AvgIpc) is 3.09. The molecule has 8 heteroatoms. The number of alkyl halides is 3. The molecule has 3 rings (SSSR count). The second kappa shape index (κ2) is 9.08. The number of halogens is 4. The molecule has 2 aromatic carbocycles. The molecule has 0 aliphatic carbocycles. The molecule has 1 fully saturated rings. The largest absolute Gasteiger partial charge is 0.416 e. The molecule has 2 unspecified atom stereocenters. The predicted octanol–water partition coefficient (Wildman–Crippen LogP) is 4.45. The van der Waals surface area contributed by atoms with E-state index in [4.69, 9.17) is 11.6 Å². The maximum Gasteiger partial charge on any atom is 0.416 e. The maximum atomic E-state index is 12.9. The summed E-state index contributed by atoms with van der Waals surface area (Å²) in [6.45, 7) is 2.64. The van der Waals surface area contributed by atoms with Gasteiger partial charge in [-0.2, -0.15) is 13.2 Å². The first-order chi connectivity index (χ1) is 14.1. The Balaban J connectivity index is 1.65. The van der Waals surface area contributed by atoms with Gasteiger partial charge in [0.1, 0.15) is 6.04 Å². The quantitative estimate of drug-likeness (QED) is 0.749. The van der Waals surface area contributed by atoms with E-state index < -0.39 is 17.8 Å². The molecule has 0 saturated carbocycles. The lowest BCUT2D eigenvalue weighted by atomic mass is 10.1. The average molecular weight is 439 g/mol. The summed E-state index contributed by atoms with van der Waals surface area (Å²) in [6, 6.07) is 11.2. The Hall–Kier alpha value is -2.54. The van der Waals surface area contributed by atoms with Crippen molar-refractivity contribution in [1.29, 1.82) is 0 Å². The zero-order valence-electron chi connectivity index (χ0n) is 16.4. The number of likely N-dealkylation sites (tertiary alicyclic amines) is 1. The lowest BCUT2D eigenvalue weighted by molar-refractivity contribution is -0.138. The van der Waals surface area contributed by atoms with Crippen LogP contribution < -0.4 is 5.32 Å². The van der Waals surface area contributed by atoms with Gasteiger partial charge in [-0.15, -0.1) is 0 Å². The molecule has 2 amide bonds. The van der Waals surface area contributed by atoms with E-state index in [9.17, 15) is 22.8 Å². The van der Waals surface area contributed by atoms with E-state index in [1.165, 1.54) is 17.0 Å². The number of hydrogen-bond donors (Lipinski definition) is 1. The van der Waals surface area contributed by atoms with E-state index >= 15 is 0 Å². The van der Waals surface area contributed by atoms with Gasteiger partial charge in [-0.3, -0.25) is 9.59 Å². The summed E-state index contributed by atoms with van der Waals surface area (Å²) in [7, 11) is 0. The van der Waals surface area contributed by atoms with Crippen LogP contribution in [0.3, 0.4) is 0 Å². The van der Waals surface area contributed by atoms with E-state index in [0.717, 1.165) is 17.7 Å². The lowest BCUT2D eigenvalue weighted by Crippen LogP contribution is -2.46. The molecule has 4 nitrogen and oxygen atoms in total. The summed E-state index contributed by atoms with van der Waals surface area (Å²) in [6.07, 6.45) is -4.14. The molecule has 2 aromatic rings. The highest BCUT2D eigenvalue weighted by atomic mass is 35.5. The number of carbonyl (C=O) groups excluding carboxylic acids is 2. The fourth-order valence-electron chi connectivity index (χ4n) is 3.61. The fraction of sp³-hybridized carbons (Fsp3) is 0.364. The highest BCUT2D eigenvalue weighted by Gasteiger charge is 2.37. The van der Waals surface area contributed by atoms with Crippen LogP contribution in [0.15, 0.2) is 48.5 Å². The zero-order valence-corrected chi connectivity index (χ0v) is 17.1. The maximum absolute atomic E-state index is 12.9. The Morgan fingerprint density at radius 2 is 1.83 bits per heavy atom. The number of rotatable bonds is 5. The van der Waals surface area contributed by atoms with Gasteiger partial charge < -0.3 is 10.2 Å². The topological polar surface area (TPSA) is 49.4 Å². The number of carbonyl (C=O) groups is 2. The summed E-state index contributed by atoms with van der Waals surface area (Å²) in [4.78, 5) is 27.0. The van der Waals surface area contributed by atoms with Crippen molar-refractivity contribution in [3.8, 4) is 0 Å². The highest BCUT2D eigenvalue weighted by Crippen LogP contribution is 2.30. The van der Waals surface area contributed by atoms with Crippen LogP contribution in [0.1, 0.15) is 30.0 Å². The molecule has 160 valence electrons. The third-order valence-corrected chi connectivity index (χ3v) is 5.37. The minimum absolute atomic E-state index is 0.127. The van der Waals surface area contributed by atoms with Crippen LogP contribution >= 0.6 is 11.6 Å². The summed E-state index contributed by atoms with van der Waals surface area (Å²) in [5, 5.41) is 3.43. The van der Waals surface area contributed by atoms with Gasteiger partial charge in [0, 0.05) is 18.1 Å². The second-order valence-corrected chi connectivity index (χ2v) is 8.06. The normalized spacial score (nSPS) is 19.0. The zero-order chi connectivity index (χ0) is 21.9. The van der Waals surface area contributed by atoms with Crippen molar-refractivity contribution in [2.75, 3.05) is 6.54 Å². The summed E-state index contributed by atoms with van der Waals surface area (Å²) >= 11 is 5.86. The molecule has 0 bridgehead atoms. The predicted molar refractivity (Wildman–Crippen MR) is 108 cm³/mol. The van der Waals surface area contributed by atoms with Crippen LogP contribution in [0, 0.1) is 5.92 Å². The summed E-state index contributed by atoms with van der Waals surface area (Å²) in [5.74, 6) is -0.501. The Morgan fingerprint density at radius 3 is 2.50 bits per heavy atom. The van der Waals surface area contributed by atoms with Gasteiger partial charge in [0.05, 0.1) is 12.0 Å². The van der Waals surface area contributed by atoms with Crippen LogP contribution in [0.25, 0.3) is 0 Å². The van der Waals surface area contributed by atoms with Crippen molar-refractivity contribution in [3.05, 3.63) is 70.2 Å². The number of nitrogens with zero attached hydrogens (tertiary/aromatic N) is 1. The number of hydrogen-bond acceptors (Lipinski definition) is 2. The molecule has 1 saturated heterocycles. The summed E-state index contributed by atoms with van der Waals surface area (Å²) in [5.41, 5.74) is 0.357. The number of benzene rings is 2. The van der Waals surface area contributed by atoms with Crippen LogP contribution in [0.2, 0.25) is 5.02 Å². The highest BCUT2D eigenvalue weighted by molar-refractivity contribution is 6.30. The molecule has 0 radical (unpaired) electrons. The number of nitrogens with one attached hydrogen (secondary N) is 1. The molecule has 1 aliphatic rings. The first-order valence-corrected chi connectivity index (χ1v) is 9.99. The lowest BCUT2D eigenvalue weighted by Gasteiger charge is -2.24. The van der Waals surface area contributed by atoms with Crippen molar-refractivity contribution in [3.63, 3.8) is 0 Å². The third kappa shape index (κ3) is 5.53. The van der Waals surface area contributed by atoms with Crippen LogP contribution in [-0.4, -0.2) is 29.3 Å². The van der Waals surface area contributed by atoms with Crippen molar-refractivity contribution in [1.82, 2.24) is 10.2 Å². The Kier molecular flexibility index (Phi) is 6.71. The van der Waals surface area contributed by atoms with Crippen molar-refractivity contribution >= 4 is 23.4 Å². The van der Waals surface area contributed by atoms with Crippen LogP contribution in [0.4, 0.5) is 13.2 Å². The monoisotopic (exact) mass is 438 g/mol. The van der Waals surface area contributed by atoms with Crippen LogP contribution in [-0.2, 0) is 28.7 Å². The fourth-order valence-corrected chi connectivity index (χ4v) is 3.74. The summed E-state index contributed by atoms with van der Waals surface area (Å²) < 4.78 is 38.7. The number of amides is 2. The van der Waals surface area contributed by atoms with Crippen molar-refractivity contribution in [2.24, 2.45) is 5.92 Å². The Bertz CT molecular complexity index is 915. The molecular weight excluding hydrogens is 417 g/mol. The van der Waals surface area contributed by atoms with E-state index in [1.54, 1.807) is 24.3 Å². The Morgan fingerprint density at radius 1 is 1.13 bits per heavy atom. The SMILES string of the molecule is CC1CC(C(=O)NCc2ccc(Cl)cc2)N(C(=O)Cc2cccc(C(F)(F)F)c2)C1.